The molecule has 3 N–H and O–H groups in total. The van der Waals surface area contributed by atoms with Crippen LogP contribution < -0.4 is 16.0 Å². The molecule has 178 valence electrons. The highest BCUT2D eigenvalue weighted by molar-refractivity contribution is 6.37. The molecule has 34 heavy (non-hydrogen) atoms. The highest BCUT2D eigenvalue weighted by Crippen LogP contribution is 2.20. The van der Waals surface area contributed by atoms with Gasteiger partial charge in [-0.05, 0) is 37.5 Å². The van der Waals surface area contributed by atoms with E-state index in [0.29, 0.717) is 24.9 Å². The average molecular weight is 465 g/mol. The number of ketones is 1. The largest absolute Gasteiger partial charge is 0.347 e. The fourth-order valence-corrected chi connectivity index (χ4v) is 3.68. The Morgan fingerprint density at radius 2 is 1.59 bits per heavy atom. The van der Waals surface area contributed by atoms with Crippen LogP contribution in [0.2, 0.25) is 0 Å². The molecular formula is C25H28N4O5. The summed E-state index contributed by atoms with van der Waals surface area (Å²) in [7, 11) is 0. The zero-order chi connectivity index (χ0) is 24.5. The molecule has 1 fully saturated rings. The molecule has 1 aliphatic heterocycles. The van der Waals surface area contributed by atoms with E-state index in [1.807, 2.05) is 36.4 Å². The third-order valence-corrected chi connectivity index (χ3v) is 5.56. The molecule has 0 saturated carbocycles. The average Bonchev–Trinajstić information content (AvgIpc) is 3.36. The van der Waals surface area contributed by atoms with Gasteiger partial charge in [-0.1, -0.05) is 48.5 Å². The van der Waals surface area contributed by atoms with E-state index >= 15 is 0 Å². The van der Waals surface area contributed by atoms with Gasteiger partial charge in [0.1, 0.15) is 12.1 Å². The number of carbonyl (C=O) groups excluding carboxylic acids is 5. The van der Waals surface area contributed by atoms with Gasteiger partial charge in [0.05, 0.1) is 6.54 Å². The van der Waals surface area contributed by atoms with Gasteiger partial charge < -0.3 is 20.9 Å². The molecule has 0 aromatic heterocycles. The summed E-state index contributed by atoms with van der Waals surface area (Å²) in [5, 5.41) is 7.48. The summed E-state index contributed by atoms with van der Waals surface area (Å²) >= 11 is 0. The van der Waals surface area contributed by atoms with Crippen LogP contribution in [-0.4, -0.2) is 59.5 Å². The molecule has 3 rings (SSSR count). The van der Waals surface area contributed by atoms with Crippen molar-refractivity contribution >= 4 is 29.4 Å². The first-order chi connectivity index (χ1) is 16.4. The predicted octanol–water partition coefficient (Wildman–Crippen LogP) is 0.798. The van der Waals surface area contributed by atoms with E-state index in [-0.39, 0.29) is 12.5 Å². The molecule has 1 saturated heterocycles. The first-order valence-corrected chi connectivity index (χ1v) is 11.2. The van der Waals surface area contributed by atoms with Crippen molar-refractivity contribution in [2.75, 3.05) is 13.1 Å². The van der Waals surface area contributed by atoms with Crippen LogP contribution >= 0.6 is 0 Å². The van der Waals surface area contributed by atoms with Crippen molar-refractivity contribution in [2.24, 2.45) is 0 Å². The lowest BCUT2D eigenvalue weighted by Gasteiger charge is -2.25. The smallest absolute Gasteiger partial charge is 0.289 e. The lowest BCUT2D eigenvalue weighted by Crippen LogP contribution is -2.52. The lowest BCUT2D eigenvalue weighted by atomic mass is 10.1. The Balaban J connectivity index is 1.45. The van der Waals surface area contributed by atoms with Crippen LogP contribution in [0.4, 0.5) is 0 Å². The van der Waals surface area contributed by atoms with Gasteiger partial charge in [0.15, 0.2) is 0 Å². The van der Waals surface area contributed by atoms with Crippen LogP contribution in [0.25, 0.3) is 0 Å². The van der Waals surface area contributed by atoms with Gasteiger partial charge in [-0.15, -0.1) is 0 Å². The summed E-state index contributed by atoms with van der Waals surface area (Å²) < 4.78 is 0. The molecule has 2 atom stereocenters. The van der Waals surface area contributed by atoms with Crippen molar-refractivity contribution in [1.29, 1.82) is 0 Å². The predicted molar refractivity (Wildman–Crippen MR) is 124 cm³/mol. The Kier molecular flexibility index (Phi) is 8.50. The molecule has 1 aliphatic rings. The summed E-state index contributed by atoms with van der Waals surface area (Å²) in [6, 6.07) is 16.2. The van der Waals surface area contributed by atoms with E-state index in [1.165, 1.54) is 11.8 Å². The van der Waals surface area contributed by atoms with Crippen LogP contribution in [0.5, 0.6) is 0 Å². The monoisotopic (exact) mass is 464 g/mol. The minimum Gasteiger partial charge on any atom is -0.347 e. The molecule has 0 aliphatic carbocycles. The standard InChI is InChI=1S/C25H28N4O5/c1-17(22(31)27-16-21(30)24(33)26-15-18-9-4-2-5-10-18)28-23(32)20-13-8-14-29(20)25(34)19-11-6-3-7-12-19/h2-7,9-12,17,20H,8,13-16H2,1H3,(H,26,33)(H,27,31)(H,28,32)/t17-,20+/m0/s1. The van der Waals surface area contributed by atoms with Crippen molar-refractivity contribution in [1.82, 2.24) is 20.9 Å². The van der Waals surface area contributed by atoms with E-state index in [9.17, 15) is 24.0 Å². The molecular weight excluding hydrogens is 436 g/mol. The van der Waals surface area contributed by atoms with Gasteiger partial charge in [-0.25, -0.2) is 0 Å². The van der Waals surface area contributed by atoms with Crippen LogP contribution in [0.15, 0.2) is 60.7 Å². The van der Waals surface area contributed by atoms with Crippen LogP contribution in [0.1, 0.15) is 35.7 Å². The fourth-order valence-electron chi connectivity index (χ4n) is 3.68. The third-order valence-electron chi connectivity index (χ3n) is 5.56. The number of hydrogen-bond acceptors (Lipinski definition) is 5. The van der Waals surface area contributed by atoms with Crippen LogP contribution in [0, 0.1) is 0 Å². The van der Waals surface area contributed by atoms with Gasteiger partial charge in [0.25, 0.3) is 11.8 Å². The highest BCUT2D eigenvalue weighted by Gasteiger charge is 2.35. The molecule has 9 heteroatoms. The van der Waals surface area contributed by atoms with Gasteiger partial charge in [0.2, 0.25) is 17.6 Å². The number of Topliss-reactive ketones (excluding diaryl/α,β-unsaturated/α-hetero) is 1. The number of amides is 4. The first-order valence-electron chi connectivity index (χ1n) is 11.2. The Hall–Kier alpha value is -4.01. The Morgan fingerprint density at radius 1 is 0.941 bits per heavy atom. The number of benzene rings is 2. The molecule has 2 aromatic carbocycles. The van der Waals surface area contributed by atoms with E-state index in [1.54, 1.807) is 24.3 Å². The zero-order valence-electron chi connectivity index (χ0n) is 19.0. The SMILES string of the molecule is C[C@H](NC(=O)[C@H]1CCCN1C(=O)c1ccccc1)C(=O)NCC(=O)C(=O)NCc1ccccc1. The highest BCUT2D eigenvalue weighted by atomic mass is 16.2. The van der Waals surface area contributed by atoms with Crippen LogP contribution in [-0.2, 0) is 25.7 Å². The summed E-state index contributed by atoms with van der Waals surface area (Å²) in [4.78, 5) is 63.3. The Labute approximate surface area is 197 Å². The van der Waals surface area contributed by atoms with E-state index < -0.39 is 42.1 Å². The summed E-state index contributed by atoms with van der Waals surface area (Å²) in [6.45, 7) is 1.65. The molecule has 4 amide bonds. The number of carbonyl (C=O) groups is 5. The third kappa shape index (κ3) is 6.50. The van der Waals surface area contributed by atoms with Crippen molar-refractivity contribution in [3.8, 4) is 0 Å². The second-order valence-corrected chi connectivity index (χ2v) is 8.06. The second-order valence-electron chi connectivity index (χ2n) is 8.06. The second kappa shape index (κ2) is 11.7. The number of rotatable bonds is 9. The lowest BCUT2D eigenvalue weighted by molar-refractivity contribution is -0.138. The van der Waals surface area contributed by atoms with E-state index in [0.717, 1.165) is 5.56 Å². The van der Waals surface area contributed by atoms with Crippen molar-refractivity contribution in [3.05, 3.63) is 71.8 Å². The van der Waals surface area contributed by atoms with E-state index in [2.05, 4.69) is 16.0 Å². The quantitative estimate of drug-likeness (QED) is 0.474. The Morgan fingerprint density at radius 3 is 2.26 bits per heavy atom. The minimum atomic E-state index is -0.943. The molecule has 9 nitrogen and oxygen atoms in total. The number of hydrogen-bond donors (Lipinski definition) is 3. The van der Waals surface area contributed by atoms with Gasteiger partial charge in [-0.2, -0.15) is 0 Å². The van der Waals surface area contributed by atoms with Crippen molar-refractivity contribution in [2.45, 2.75) is 38.4 Å². The normalized spacial score (nSPS) is 15.8. The summed E-state index contributed by atoms with van der Waals surface area (Å²) in [5.74, 6) is -2.87. The van der Waals surface area contributed by atoms with Crippen molar-refractivity contribution in [3.63, 3.8) is 0 Å². The number of nitrogens with one attached hydrogen (secondary N) is 3. The zero-order valence-corrected chi connectivity index (χ0v) is 19.0. The summed E-state index contributed by atoms with van der Waals surface area (Å²) in [5.41, 5.74) is 1.34. The molecule has 1 heterocycles. The Bertz CT molecular complexity index is 1040. The molecule has 2 aromatic rings. The number of nitrogens with zero attached hydrogens (tertiary/aromatic N) is 1. The van der Waals surface area contributed by atoms with Gasteiger partial charge in [-0.3, -0.25) is 24.0 Å². The maximum Gasteiger partial charge on any atom is 0.289 e. The molecule has 0 radical (unpaired) electrons. The van der Waals surface area contributed by atoms with Gasteiger partial charge >= 0.3 is 0 Å². The summed E-state index contributed by atoms with van der Waals surface area (Å²) in [6.07, 6.45) is 1.18. The van der Waals surface area contributed by atoms with Crippen LogP contribution in [0.3, 0.4) is 0 Å². The molecule has 0 spiro atoms. The maximum atomic E-state index is 12.8. The first kappa shape index (κ1) is 24.6. The topological polar surface area (TPSA) is 125 Å². The number of likely N-dealkylation sites (tertiary alicyclic amines) is 1. The fraction of sp³-hybridized carbons (Fsp3) is 0.320. The van der Waals surface area contributed by atoms with Crippen molar-refractivity contribution < 1.29 is 24.0 Å². The minimum absolute atomic E-state index is 0.200. The van der Waals surface area contributed by atoms with Gasteiger partial charge in [0, 0.05) is 18.7 Å². The van der Waals surface area contributed by atoms with E-state index in [4.69, 9.17) is 0 Å². The molecule has 0 unspecified atom stereocenters. The maximum absolute atomic E-state index is 12.8. The molecule has 0 bridgehead atoms.